The number of nitrogens with zero attached hydrogens (tertiary/aromatic N) is 2. The summed E-state index contributed by atoms with van der Waals surface area (Å²) < 4.78 is 5.12. The van der Waals surface area contributed by atoms with E-state index in [1.165, 1.54) is 13.2 Å². The van der Waals surface area contributed by atoms with Crippen LogP contribution in [-0.4, -0.2) is 47.2 Å². The summed E-state index contributed by atoms with van der Waals surface area (Å²) in [4.78, 5) is 53.4. The zero-order chi connectivity index (χ0) is 23.3. The molecule has 0 unspecified atom stereocenters. The third-order valence-corrected chi connectivity index (χ3v) is 7.06. The molecule has 168 valence electrons. The van der Waals surface area contributed by atoms with Crippen LogP contribution in [0.15, 0.2) is 60.7 Å². The number of methoxy groups -OCH3 is 1. The van der Waals surface area contributed by atoms with Crippen LogP contribution in [0.5, 0.6) is 5.75 Å². The highest BCUT2D eigenvalue weighted by atomic mass is 35.5. The van der Waals surface area contributed by atoms with Gasteiger partial charge in [0.2, 0.25) is 0 Å². The zero-order valence-electron chi connectivity index (χ0n) is 17.8. The standard InChI is InChI=1S/C25H21ClN2O5/c1-33-17-10-8-14(9-11-17)20(29)13-27(23(30)18-4-2-3-5-19(18)26)28-24(31)21-15-6-7-16(12-15)22(21)25(28)32/h2-11,15-16,21-22H,12-13H2,1H3/t15-,16-,21-,22-/m0/s1. The van der Waals surface area contributed by atoms with Gasteiger partial charge in [0, 0.05) is 5.56 Å². The molecule has 2 aliphatic carbocycles. The Bertz CT molecular complexity index is 1160. The van der Waals surface area contributed by atoms with Crippen molar-refractivity contribution in [3.8, 4) is 5.75 Å². The van der Waals surface area contributed by atoms with E-state index in [0.717, 1.165) is 16.4 Å². The van der Waals surface area contributed by atoms with Gasteiger partial charge in [0.1, 0.15) is 12.3 Å². The highest BCUT2D eigenvalue weighted by Gasteiger charge is 2.61. The van der Waals surface area contributed by atoms with Crippen molar-refractivity contribution in [2.45, 2.75) is 6.42 Å². The fourth-order valence-electron chi connectivity index (χ4n) is 5.14. The molecule has 1 saturated heterocycles. The van der Waals surface area contributed by atoms with Gasteiger partial charge < -0.3 is 4.74 Å². The summed E-state index contributed by atoms with van der Waals surface area (Å²) in [6.07, 6.45) is 4.72. The van der Waals surface area contributed by atoms with Crippen LogP contribution < -0.4 is 4.74 Å². The van der Waals surface area contributed by atoms with E-state index < -0.39 is 41.9 Å². The number of amides is 3. The molecule has 5 rings (SSSR count). The van der Waals surface area contributed by atoms with Crippen LogP contribution in [0, 0.1) is 23.7 Å². The lowest BCUT2D eigenvalue weighted by atomic mass is 9.85. The van der Waals surface area contributed by atoms with Gasteiger partial charge in [0.15, 0.2) is 5.78 Å². The van der Waals surface area contributed by atoms with Gasteiger partial charge in [0.25, 0.3) is 17.7 Å². The number of ether oxygens (including phenoxy) is 1. The van der Waals surface area contributed by atoms with Crippen LogP contribution in [0.3, 0.4) is 0 Å². The highest BCUT2D eigenvalue weighted by Crippen LogP contribution is 2.52. The second-order valence-electron chi connectivity index (χ2n) is 8.48. The predicted octanol–water partition coefficient (Wildman–Crippen LogP) is 3.40. The Hall–Kier alpha value is -3.45. The number of allylic oxidation sites excluding steroid dienone is 2. The Labute approximate surface area is 195 Å². The van der Waals surface area contributed by atoms with Gasteiger partial charge in [0.05, 0.1) is 29.5 Å². The van der Waals surface area contributed by atoms with Gasteiger partial charge in [-0.15, -0.1) is 0 Å². The normalized spacial score (nSPS) is 24.8. The SMILES string of the molecule is COc1ccc(C(=O)CN(C(=O)c2ccccc2Cl)N2C(=O)[C@@H]3[C@@H](C2=O)[C@H]2C=C[C@H]3C2)cc1. The first-order valence-corrected chi connectivity index (χ1v) is 11.1. The van der Waals surface area contributed by atoms with Gasteiger partial charge >= 0.3 is 0 Å². The van der Waals surface area contributed by atoms with E-state index in [4.69, 9.17) is 16.3 Å². The number of benzene rings is 2. The number of hydrogen-bond acceptors (Lipinski definition) is 5. The quantitative estimate of drug-likeness (QED) is 0.371. The number of ketones is 1. The molecule has 0 radical (unpaired) electrons. The molecule has 1 heterocycles. The summed E-state index contributed by atoms with van der Waals surface area (Å²) in [7, 11) is 1.52. The molecule has 2 aromatic rings. The fraction of sp³-hybridized carbons (Fsp3) is 0.280. The van der Waals surface area contributed by atoms with E-state index in [9.17, 15) is 19.2 Å². The van der Waals surface area contributed by atoms with Crippen molar-refractivity contribution >= 4 is 35.1 Å². The number of rotatable bonds is 6. The second-order valence-corrected chi connectivity index (χ2v) is 8.89. The summed E-state index contributed by atoms with van der Waals surface area (Å²) in [6, 6.07) is 12.8. The molecular weight excluding hydrogens is 444 g/mol. The second kappa shape index (κ2) is 8.15. The molecule has 1 aliphatic heterocycles. The Morgan fingerprint density at radius 3 is 2.18 bits per heavy atom. The fourth-order valence-corrected chi connectivity index (χ4v) is 5.35. The minimum absolute atomic E-state index is 0.0176. The number of Topliss-reactive ketones (excluding diaryl/α,β-unsaturated/α-hetero) is 1. The molecule has 0 N–H and O–H groups in total. The summed E-state index contributed by atoms with van der Waals surface area (Å²) in [6.45, 7) is -0.476. The molecule has 4 atom stereocenters. The van der Waals surface area contributed by atoms with Crippen molar-refractivity contribution in [3.05, 3.63) is 76.8 Å². The number of hydrazine groups is 1. The number of carbonyl (C=O) groups is 4. The third kappa shape index (κ3) is 3.43. The number of halogens is 1. The van der Waals surface area contributed by atoms with Crippen molar-refractivity contribution < 1.29 is 23.9 Å². The van der Waals surface area contributed by atoms with E-state index in [-0.39, 0.29) is 22.4 Å². The minimum Gasteiger partial charge on any atom is -0.497 e. The van der Waals surface area contributed by atoms with Gasteiger partial charge in [-0.05, 0) is 54.7 Å². The van der Waals surface area contributed by atoms with Gasteiger partial charge in [-0.3, -0.25) is 19.2 Å². The molecule has 8 heteroatoms. The lowest BCUT2D eigenvalue weighted by Crippen LogP contribution is -2.52. The average Bonchev–Trinajstić information content (AvgIpc) is 3.51. The maximum Gasteiger partial charge on any atom is 0.274 e. The molecule has 2 aromatic carbocycles. The van der Waals surface area contributed by atoms with E-state index in [0.29, 0.717) is 11.3 Å². The van der Waals surface area contributed by atoms with Gasteiger partial charge in [-0.2, -0.15) is 5.01 Å². The Balaban J connectivity index is 1.50. The van der Waals surface area contributed by atoms with E-state index >= 15 is 0 Å². The van der Waals surface area contributed by atoms with Crippen molar-refractivity contribution in [1.29, 1.82) is 0 Å². The maximum absolute atomic E-state index is 13.5. The molecule has 0 spiro atoms. The van der Waals surface area contributed by atoms with Crippen LogP contribution >= 0.6 is 11.6 Å². The monoisotopic (exact) mass is 464 g/mol. The van der Waals surface area contributed by atoms with E-state index in [2.05, 4.69) is 0 Å². The molecular formula is C25H21ClN2O5. The summed E-state index contributed by atoms with van der Waals surface area (Å²) in [5, 5.41) is 2.01. The minimum atomic E-state index is -0.676. The molecule has 3 amide bonds. The van der Waals surface area contributed by atoms with Crippen LogP contribution in [0.4, 0.5) is 0 Å². The number of imide groups is 1. The molecule has 7 nitrogen and oxygen atoms in total. The molecule has 1 saturated carbocycles. The first kappa shape index (κ1) is 21.4. The van der Waals surface area contributed by atoms with Crippen molar-refractivity contribution in [1.82, 2.24) is 10.0 Å². The largest absolute Gasteiger partial charge is 0.497 e. The lowest BCUT2D eigenvalue weighted by Gasteiger charge is -2.31. The molecule has 2 bridgehead atoms. The number of hydrogen-bond donors (Lipinski definition) is 0. The van der Waals surface area contributed by atoms with Crippen LogP contribution in [0.25, 0.3) is 0 Å². The topological polar surface area (TPSA) is 84.0 Å². The first-order valence-electron chi connectivity index (χ1n) is 10.7. The molecule has 3 aliphatic rings. The zero-order valence-corrected chi connectivity index (χ0v) is 18.6. The average molecular weight is 465 g/mol. The van der Waals surface area contributed by atoms with Crippen molar-refractivity contribution in [2.24, 2.45) is 23.7 Å². The lowest BCUT2D eigenvalue weighted by molar-refractivity contribution is -0.154. The smallest absolute Gasteiger partial charge is 0.274 e. The van der Waals surface area contributed by atoms with Crippen LogP contribution in [-0.2, 0) is 9.59 Å². The number of carbonyl (C=O) groups excluding carboxylic acids is 4. The van der Waals surface area contributed by atoms with Crippen molar-refractivity contribution in [2.75, 3.05) is 13.7 Å². The predicted molar refractivity (Wildman–Crippen MR) is 119 cm³/mol. The van der Waals surface area contributed by atoms with Gasteiger partial charge in [-0.25, -0.2) is 5.01 Å². The third-order valence-electron chi connectivity index (χ3n) is 6.73. The van der Waals surface area contributed by atoms with Crippen LogP contribution in [0.1, 0.15) is 27.1 Å². The molecule has 2 fully saturated rings. The molecule has 33 heavy (non-hydrogen) atoms. The first-order chi connectivity index (χ1) is 15.9. The van der Waals surface area contributed by atoms with Crippen molar-refractivity contribution in [3.63, 3.8) is 0 Å². The Morgan fingerprint density at radius 1 is 1.00 bits per heavy atom. The summed E-state index contributed by atoms with van der Waals surface area (Å²) in [5.74, 6) is -2.42. The summed E-state index contributed by atoms with van der Waals surface area (Å²) >= 11 is 6.24. The summed E-state index contributed by atoms with van der Waals surface area (Å²) in [5.41, 5.74) is 0.439. The van der Waals surface area contributed by atoms with Crippen LogP contribution in [0.2, 0.25) is 5.02 Å². The maximum atomic E-state index is 13.5. The van der Waals surface area contributed by atoms with E-state index in [1.807, 2.05) is 12.2 Å². The Morgan fingerprint density at radius 2 is 1.61 bits per heavy atom. The highest BCUT2D eigenvalue weighted by molar-refractivity contribution is 6.34. The number of fused-ring (bicyclic) bond motifs is 5. The van der Waals surface area contributed by atoms with E-state index in [1.54, 1.807) is 42.5 Å². The van der Waals surface area contributed by atoms with Gasteiger partial charge in [-0.1, -0.05) is 35.9 Å². The molecule has 0 aromatic heterocycles. The Kier molecular flexibility index (Phi) is 5.29.